The van der Waals surface area contributed by atoms with Crippen LogP contribution >= 0.6 is 0 Å². The third-order valence-electron chi connectivity index (χ3n) is 3.76. The van der Waals surface area contributed by atoms with Crippen LogP contribution in [0.2, 0.25) is 0 Å². The van der Waals surface area contributed by atoms with Crippen LogP contribution in [-0.2, 0) is 32.6 Å². The second kappa shape index (κ2) is 11.8. The minimum Gasteiger partial charge on any atom is -1.00 e. The molecule has 2 aliphatic rings. The van der Waals surface area contributed by atoms with Gasteiger partial charge in [0.05, 0.1) is 0 Å². The van der Waals surface area contributed by atoms with E-state index in [0.717, 1.165) is 24.8 Å². The SMILES string of the molecule is OCCC1=[C-]CC=C1.[Cl-].[Cl-].[Zr+4].[c-]1cccc2c1Cc1ccccc1-2. The van der Waals surface area contributed by atoms with Crippen LogP contribution in [0.3, 0.4) is 0 Å². The third-order valence-corrected chi connectivity index (χ3v) is 3.76. The Hall–Kier alpha value is -0.657. The van der Waals surface area contributed by atoms with Crippen molar-refractivity contribution >= 4 is 0 Å². The predicted molar refractivity (Wildman–Crippen MR) is 85.7 cm³/mol. The second-order valence-corrected chi connectivity index (χ2v) is 5.18. The Kier molecular flexibility index (Phi) is 11.5. The van der Waals surface area contributed by atoms with E-state index in [9.17, 15) is 0 Å². The molecule has 0 saturated heterocycles. The van der Waals surface area contributed by atoms with Crippen molar-refractivity contribution in [3.63, 3.8) is 0 Å². The van der Waals surface area contributed by atoms with Crippen LogP contribution in [0.1, 0.15) is 24.0 Å². The molecule has 2 aromatic rings. The summed E-state index contributed by atoms with van der Waals surface area (Å²) in [6.07, 6.45) is 9.89. The van der Waals surface area contributed by atoms with Gasteiger partial charge in [0.25, 0.3) is 0 Å². The van der Waals surface area contributed by atoms with Crippen LogP contribution in [0.15, 0.2) is 60.2 Å². The van der Waals surface area contributed by atoms with Gasteiger partial charge >= 0.3 is 26.2 Å². The number of aliphatic hydroxyl groups excluding tert-OH is 1. The van der Waals surface area contributed by atoms with Gasteiger partial charge in [-0.25, -0.2) is 11.6 Å². The smallest absolute Gasteiger partial charge is 1.00 e. The zero-order chi connectivity index (χ0) is 14.5. The van der Waals surface area contributed by atoms with E-state index in [-0.39, 0.29) is 57.6 Å². The molecule has 0 spiro atoms. The Morgan fingerprint density at radius 3 is 2.46 bits per heavy atom. The molecule has 1 N–H and O–H groups in total. The third kappa shape index (κ3) is 5.71. The van der Waals surface area contributed by atoms with Crippen LogP contribution < -0.4 is 24.8 Å². The zero-order valence-corrected chi connectivity index (χ0v) is 17.2. The molecule has 0 atom stereocenters. The molecule has 0 saturated carbocycles. The zero-order valence-electron chi connectivity index (χ0n) is 13.2. The van der Waals surface area contributed by atoms with E-state index in [1.807, 2.05) is 18.2 Å². The summed E-state index contributed by atoms with van der Waals surface area (Å²) in [6.45, 7) is 0.243. The molecule has 0 heterocycles. The largest absolute Gasteiger partial charge is 4.00 e. The van der Waals surface area contributed by atoms with E-state index in [2.05, 4.69) is 48.5 Å². The minimum absolute atomic E-state index is 0. The number of rotatable bonds is 2. The molecule has 4 rings (SSSR count). The van der Waals surface area contributed by atoms with Gasteiger partial charge in [0.1, 0.15) is 0 Å². The van der Waals surface area contributed by atoms with Gasteiger partial charge in [0, 0.05) is 6.61 Å². The first-order chi connectivity index (χ1) is 10.4. The Balaban J connectivity index is 0.000000429. The van der Waals surface area contributed by atoms with Crippen LogP contribution in [0.4, 0.5) is 0 Å². The van der Waals surface area contributed by atoms with Crippen molar-refractivity contribution in [3.05, 3.63) is 83.5 Å². The van der Waals surface area contributed by atoms with Gasteiger partial charge in [-0.3, -0.25) is 6.08 Å². The summed E-state index contributed by atoms with van der Waals surface area (Å²) in [4.78, 5) is 0. The number of aliphatic hydroxyl groups is 1. The topological polar surface area (TPSA) is 20.2 Å². The van der Waals surface area contributed by atoms with Gasteiger partial charge in [-0.05, 0) is 12.8 Å². The minimum atomic E-state index is 0. The van der Waals surface area contributed by atoms with Crippen LogP contribution in [0, 0.1) is 12.1 Å². The van der Waals surface area contributed by atoms with E-state index in [1.165, 1.54) is 22.3 Å². The van der Waals surface area contributed by atoms with Gasteiger partial charge in [-0.15, -0.1) is 12.0 Å². The predicted octanol–water partition coefficient (Wildman–Crippen LogP) is -1.88. The van der Waals surface area contributed by atoms with Crippen molar-refractivity contribution < 1.29 is 56.1 Å². The summed E-state index contributed by atoms with van der Waals surface area (Å²) < 4.78 is 0. The molecule has 2 aliphatic carbocycles. The summed E-state index contributed by atoms with van der Waals surface area (Å²) in [5.74, 6) is 0. The maximum Gasteiger partial charge on any atom is 4.00 e. The van der Waals surface area contributed by atoms with Crippen molar-refractivity contribution in [1.82, 2.24) is 0 Å². The molecule has 2 aromatic carbocycles. The molecule has 122 valence electrons. The van der Waals surface area contributed by atoms with Crippen LogP contribution in [0.5, 0.6) is 0 Å². The summed E-state index contributed by atoms with van der Waals surface area (Å²) >= 11 is 0. The molecule has 4 heteroatoms. The molecular weight excluding hydrogens is 418 g/mol. The van der Waals surface area contributed by atoms with Gasteiger partial charge < -0.3 is 29.9 Å². The van der Waals surface area contributed by atoms with Crippen molar-refractivity contribution in [2.45, 2.75) is 19.3 Å². The summed E-state index contributed by atoms with van der Waals surface area (Å²) in [5.41, 5.74) is 6.66. The quantitative estimate of drug-likeness (QED) is 0.467. The summed E-state index contributed by atoms with van der Waals surface area (Å²) in [6, 6.07) is 18.1. The molecular formula is C20H18Cl2OZr. The monoisotopic (exact) mass is 434 g/mol. The Bertz CT molecular complexity index is 652. The van der Waals surface area contributed by atoms with E-state index in [4.69, 9.17) is 5.11 Å². The van der Waals surface area contributed by atoms with Crippen molar-refractivity contribution in [3.8, 4) is 11.1 Å². The number of hydrogen-bond donors (Lipinski definition) is 1. The van der Waals surface area contributed by atoms with Crippen LogP contribution in [0.25, 0.3) is 11.1 Å². The molecule has 1 nitrogen and oxygen atoms in total. The number of fused-ring (bicyclic) bond motifs is 3. The number of benzene rings is 2. The van der Waals surface area contributed by atoms with Crippen molar-refractivity contribution in [1.29, 1.82) is 0 Å². The van der Waals surface area contributed by atoms with Crippen LogP contribution in [-0.4, -0.2) is 11.7 Å². The molecule has 0 radical (unpaired) electrons. The van der Waals surface area contributed by atoms with E-state index in [1.54, 1.807) is 0 Å². The maximum absolute atomic E-state index is 8.43. The molecule has 0 bridgehead atoms. The fraction of sp³-hybridized carbons (Fsp3) is 0.200. The summed E-state index contributed by atoms with van der Waals surface area (Å²) in [5, 5.41) is 8.43. The Labute approximate surface area is 175 Å². The molecule has 24 heavy (non-hydrogen) atoms. The first kappa shape index (κ1) is 23.3. The number of allylic oxidation sites excluding steroid dienone is 3. The molecule has 0 amide bonds. The standard InChI is InChI=1S/C13H9.C7H9O.2ClH.Zr/c1-3-7-12-10(5-1)9-11-6-2-4-8-13(11)12;8-6-5-7-3-1-2-4-7;;;/h1-5,7-8H,9H2;1,3,8H,2,5-6H2;2*1H;/q2*-1;;;+4/p-2. The fourth-order valence-electron chi connectivity index (χ4n) is 2.74. The van der Waals surface area contributed by atoms with E-state index in [0.29, 0.717) is 0 Å². The Morgan fingerprint density at radius 1 is 1.00 bits per heavy atom. The van der Waals surface area contributed by atoms with Gasteiger partial charge in [-0.2, -0.15) is 35.9 Å². The van der Waals surface area contributed by atoms with Crippen molar-refractivity contribution in [2.75, 3.05) is 6.61 Å². The maximum atomic E-state index is 8.43. The summed E-state index contributed by atoms with van der Waals surface area (Å²) in [7, 11) is 0. The van der Waals surface area contributed by atoms with Gasteiger partial charge in [0.15, 0.2) is 0 Å². The van der Waals surface area contributed by atoms with E-state index < -0.39 is 0 Å². The van der Waals surface area contributed by atoms with Gasteiger partial charge in [0.2, 0.25) is 0 Å². The average molecular weight is 436 g/mol. The molecule has 0 unspecified atom stereocenters. The number of halogens is 2. The van der Waals surface area contributed by atoms with Crippen molar-refractivity contribution in [2.24, 2.45) is 0 Å². The normalized spacial score (nSPS) is 12.3. The molecule has 0 aromatic heterocycles. The first-order valence-electron chi connectivity index (χ1n) is 7.33. The molecule has 0 fully saturated rings. The van der Waals surface area contributed by atoms with E-state index >= 15 is 0 Å². The average Bonchev–Trinajstić information content (AvgIpc) is 3.15. The number of hydrogen-bond acceptors (Lipinski definition) is 1. The van der Waals surface area contributed by atoms with Gasteiger partial charge in [-0.1, -0.05) is 35.4 Å². The first-order valence-corrected chi connectivity index (χ1v) is 7.33. The second-order valence-electron chi connectivity index (χ2n) is 5.18. The molecule has 0 aliphatic heterocycles. The fourth-order valence-corrected chi connectivity index (χ4v) is 2.74. The Morgan fingerprint density at radius 2 is 1.75 bits per heavy atom.